The van der Waals surface area contributed by atoms with Crippen LogP contribution in [-0.2, 0) is 6.54 Å². The van der Waals surface area contributed by atoms with Crippen LogP contribution in [0.4, 0.5) is 8.78 Å². The first-order valence-corrected chi connectivity index (χ1v) is 10.8. The molecule has 174 valence electrons. The molecule has 3 heterocycles. The largest absolute Gasteiger partial charge is 0.349 e. The molecule has 5 rings (SSSR count). The Labute approximate surface area is 198 Å². The lowest BCUT2D eigenvalue weighted by Gasteiger charge is -2.25. The summed E-state index contributed by atoms with van der Waals surface area (Å²) in [7, 11) is 0. The molecule has 35 heavy (non-hydrogen) atoms. The summed E-state index contributed by atoms with van der Waals surface area (Å²) in [4.78, 5) is 17.4. The lowest BCUT2D eigenvalue weighted by atomic mass is 9.91. The van der Waals surface area contributed by atoms with Crippen molar-refractivity contribution in [3.8, 4) is 17.2 Å². The second-order valence-electron chi connectivity index (χ2n) is 8.21. The van der Waals surface area contributed by atoms with Crippen molar-refractivity contribution in [1.29, 1.82) is 5.26 Å². The summed E-state index contributed by atoms with van der Waals surface area (Å²) in [6.07, 6.45) is 6.13. The molecule has 0 radical (unpaired) electrons. The van der Waals surface area contributed by atoms with Crippen LogP contribution in [0.25, 0.3) is 16.6 Å². The van der Waals surface area contributed by atoms with Gasteiger partial charge in [-0.3, -0.25) is 9.08 Å². The molecule has 0 amide bonds. The number of nitrogens with zero attached hydrogens (tertiary/aromatic N) is 7. The molecule has 0 saturated heterocycles. The minimum absolute atomic E-state index is 0.206. The molecule has 0 bridgehead atoms. The maximum atomic E-state index is 14.8. The molecule has 0 aliphatic rings. The third-order valence-corrected chi connectivity index (χ3v) is 6.09. The summed E-state index contributed by atoms with van der Waals surface area (Å²) in [5.74, 6) is -1.98. The van der Waals surface area contributed by atoms with Crippen LogP contribution in [0.2, 0.25) is 0 Å². The Morgan fingerprint density at radius 1 is 1.06 bits per heavy atom. The first kappa shape index (κ1) is 22.2. The topological polar surface area (TPSA) is 93.8 Å². The second-order valence-corrected chi connectivity index (χ2v) is 8.21. The Morgan fingerprint density at radius 2 is 1.86 bits per heavy atom. The van der Waals surface area contributed by atoms with Crippen LogP contribution in [0.1, 0.15) is 30.0 Å². The molecule has 0 spiro atoms. The van der Waals surface area contributed by atoms with E-state index in [9.17, 15) is 13.6 Å². The zero-order chi connectivity index (χ0) is 24.5. The van der Waals surface area contributed by atoms with Crippen LogP contribution in [0.15, 0.2) is 78.4 Å². The molecule has 0 N–H and O–H groups in total. The normalized spacial score (nSPS) is 13.0. The fourth-order valence-electron chi connectivity index (χ4n) is 4.21. The van der Waals surface area contributed by atoms with Crippen molar-refractivity contribution >= 4 is 5.52 Å². The molecule has 8 nitrogen and oxygen atoms in total. The predicted molar refractivity (Wildman–Crippen MR) is 123 cm³/mol. The molecular formula is C25H19F2N7O. The van der Waals surface area contributed by atoms with Gasteiger partial charge in [0.1, 0.15) is 24.3 Å². The molecular weight excluding hydrogens is 452 g/mol. The van der Waals surface area contributed by atoms with Crippen molar-refractivity contribution in [3.05, 3.63) is 107 Å². The van der Waals surface area contributed by atoms with Gasteiger partial charge in [0.05, 0.1) is 35.9 Å². The number of hydrogen-bond acceptors (Lipinski definition) is 5. The smallest absolute Gasteiger partial charge is 0.266 e. The molecule has 3 aromatic heterocycles. The van der Waals surface area contributed by atoms with E-state index >= 15 is 0 Å². The standard InChI is InChI=1S/C25H19F2N7O/c1-16(23(13-32-15-29-14-31-32)22-7-6-20(26)9-24(22)27)34-25(35)33-12-19(8-21(33)11-30-34)18-4-2-17(10-28)3-5-18/h2-9,11-12,14-16,23H,13H2,1H3. The maximum Gasteiger partial charge on any atom is 0.349 e. The Bertz CT molecular complexity index is 1600. The van der Waals surface area contributed by atoms with Crippen molar-refractivity contribution in [2.75, 3.05) is 0 Å². The third-order valence-electron chi connectivity index (χ3n) is 6.09. The Kier molecular flexibility index (Phi) is 5.66. The average molecular weight is 471 g/mol. The van der Waals surface area contributed by atoms with E-state index in [1.165, 1.54) is 38.6 Å². The zero-order valence-corrected chi connectivity index (χ0v) is 18.6. The average Bonchev–Trinajstić information content (AvgIpc) is 3.53. The Balaban J connectivity index is 1.56. The zero-order valence-electron chi connectivity index (χ0n) is 18.6. The van der Waals surface area contributed by atoms with Gasteiger partial charge in [-0.25, -0.2) is 23.2 Å². The highest BCUT2D eigenvalue weighted by Crippen LogP contribution is 2.31. The molecule has 0 saturated carbocycles. The second kappa shape index (κ2) is 8.95. The highest BCUT2D eigenvalue weighted by Gasteiger charge is 2.27. The fraction of sp³-hybridized carbons (Fsp3) is 0.160. The number of aromatic nitrogens is 6. The van der Waals surface area contributed by atoms with Crippen molar-refractivity contribution in [2.45, 2.75) is 25.4 Å². The number of nitriles is 1. The first-order valence-electron chi connectivity index (χ1n) is 10.8. The van der Waals surface area contributed by atoms with Gasteiger partial charge in [-0.05, 0) is 42.3 Å². The SMILES string of the molecule is CC(C(Cn1cncn1)c1ccc(F)cc1F)n1ncc2cc(-c3ccc(C#N)cc3)cn2c1=O. The summed E-state index contributed by atoms with van der Waals surface area (Å²) < 4.78 is 32.7. The molecule has 2 unspecified atom stereocenters. The monoisotopic (exact) mass is 471 g/mol. The van der Waals surface area contributed by atoms with Crippen LogP contribution < -0.4 is 5.69 Å². The summed E-state index contributed by atoms with van der Waals surface area (Å²) in [5, 5.41) is 17.5. The Hall–Kier alpha value is -4.65. The number of benzene rings is 2. The van der Waals surface area contributed by atoms with Crippen molar-refractivity contribution < 1.29 is 8.78 Å². The van der Waals surface area contributed by atoms with E-state index in [-0.39, 0.29) is 12.1 Å². The van der Waals surface area contributed by atoms with E-state index < -0.39 is 29.3 Å². The minimum Gasteiger partial charge on any atom is -0.266 e. The minimum atomic E-state index is -0.708. The van der Waals surface area contributed by atoms with Crippen LogP contribution in [0.5, 0.6) is 0 Å². The van der Waals surface area contributed by atoms with Crippen LogP contribution in [-0.4, -0.2) is 28.9 Å². The molecule has 5 aromatic rings. The summed E-state index contributed by atoms with van der Waals surface area (Å²) in [6.45, 7) is 1.97. The van der Waals surface area contributed by atoms with Gasteiger partial charge in [0.2, 0.25) is 0 Å². The van der Waals surface area contributed by atoms with E-state index in [1.807, 2.05) is 18.2 Å². The van der Waals surface area contributed by atoms with Gasteiger partial charge in [0.25, 0.3) is 0 Å². The molecule has 0 fully saturated rings. The highest BCUT2D eigenvalue weighted by molar-refractivity contribution is 5.70. The van der Waals surface area contributed by atoms with E-state index in [2.05, 4.69) is 21.3 Å². The predicted octanol–water partition coefficient (Wildman–Crippen LogP) is 3.95. The van der Waals surface area contributed by atoms with Crippen LogP contribution in [0, 0.1) is 23.0 Å². The third kappa shape index (κ3) is 4.19. The summed E-state index contributed by atoms with van der Waals surface area (Å²) in [5.41, 5.74) is 2.63. The van der Waals surface area contributed by atoms with Crippen molar-refractivity contribution in [2.24, 2.45) is 0 Å². The lowest BCUT2D eigenvalue weighted by Crippen LogP contribution is -2.34. The van der Waals surface area contributed by atoms with E-state index in [0.717, 1.165) is 17.2 Å². The molecule has 2 aromatic carbocycles. The number of rotatable bonds is 6. The highest BCUT2D eigenvalue weighted by atomic mass is 19.1. The van der Waals surface area contributed by atoms with E-state index in [1.54, 1.807) is 31.5 Å². The summed E-state index contributed by atoms with van der Waals surface area (Å²) >= 11 is 0. The van der Waals surface area contributed by atoms with Gasteiger partial charge in [0.15, 0.2) is 0 Å². The van der Waals surface area contributed by atoms with Gasteiger partial charge in [-0.1, -0.05) is 18.2 Å². The van der Waals surface area contributed by atoms with E-state index in [0.29, 0.717) is 11.1 Å². The maximum absolute atomic E-state index is 14.8. The van der Waals surface area contributed by atoms with Gasteiger partial charge >= 0.3 is 5.69 Å². The number of halogens is 2. The fourth-order valence-corrected chi connectivity index (χ4v) is 4.21. The quantitative estimate of drug-likeness (QED) is 0.374. The van der Waals surface area contributed by atoms with Crippen molar-refractivity contribution in [1.82, 2.24) is 28.9 Å². The number of fused-ring (bicyclic) bond motifs is 1. The molecule has 0 aliphatic heterocycles. The van der Waals surface area contributed by atoms with Gasteiger partial charge < -0.3 is 0 Å². The van der Waals surface area contributed by atoms with Crippen LogP contribution >= 0.6 is 0 Å². The van der Waals surface area contributed by atoms with Gasteiger partial charge in [0, 0.05) is 23.7 Å². The lowest BCUT2D eigenvalue weighted by molar-refractivity contribution is 0.334. The first-order chi connectivity index (χ1) is 16.9. The van der Waals surface area contributed by atoms with E-state index in [4.69, 9.17) is 5.26 Å². The number of hydrogen-bond donors (Lipinski definition) is 0. The Morgan fingerprint density at radius 3 is 2.54 bits per heavy atom. The van der Waals surface area contributed by atoms with Gasteiger partial charge in [-0.15, -0.1) is 0 Å². The molecule has 0 aliphatic carbocycles. The summed E-state index contributed by atoms with van der Waals surface area (Å²) in [6, 6.07) is 13.8. The van der Waals surface area contributed by atoms with Gasteiger partial charge in [-0.2, -0.15) is 15.5 Å². The van der Waals surface area contributed by atoms with Crippen molar-refractivity contribution in [3.63, 3.8) is 0 Å². The molecule has 2 atom stereocenters. The molecule has 10 heteroatoms. The van der Waals surface area contributed by atoms with Crippen LogP contribution in [0.3, 0.4) is 0 Å².